The molecule has 0 atom stereocenters. The molecule has 0 unspecified atom stereocenters. The second kappa shape index (κ2) is 6.58. The van der Waals surface area contributed by atoms with E-state index in [-0.39, 0.29) is 6.01 Å². The van der Waals surface area contributed by atoms with E-state index in [4.69, 9.17) is 16.3 Å². The summed E-state index contributed by atoms with van der Waals surface area (Å²) in [6.45, 7) is 4.64. The highest BCUT2D eigenvalue weighted by Crippen LogP contribution is 2.29. The van der Waals surface area contributed by atoms with Crippen LogP contribution in [0.25, 0.3) is 0 Å². The van der Waals surface area contributed by atoms with Gasteiger partial charge in [-0.15, -0.1) is 0 Å². The van der Waals surface area contributed by atoms with Crippen LogP contribution in [0.3, 0.4) is 0 Å². The molecule has 0 aliphatic heterocycles. The molecule has 0 aliphatic carbocycles. The summed E-state index contributed by atoms with van der Waals surface area (Å²) in [6.07, 6.45) is 0. The monoisotopic (exact) mass is 307 g/mol. The molecule has 0 fully saturated rings. The van der Waals surface area contributed by atoms with Crippen LogP contribution in [0.1, 0.15) is 12.5 Å². The molecular weight excluding hydrogens is 290 g/mol. The van der Waals surface area contributed by atoms with E-state index in [2.05, 4.69) is 20.3 Å². The molecule has 0 saturated heterocycles. The molecule has 7 heteroatoms. The highest BCUT2D eigenvalue weighted by molar-refractivity contribution is 6.32. The molecule has 1 aromatic heterocycles. The van der Waals surface area contributed by atoms with E-state index in [9.17, 15) is 0 Å². The summed E-state index contributed by atoms with van der Waals surface area (Å²) in [5, 5.41) is 3.56. The number of nitrogens with zero attached hydrogens (tertiary/aromatic N) is 4. The van der Waals surface area contributed by atoms with Crippen LogP contribution in [0.4, 0.5) is 11.9 Å². The lowest BCUT2D eigenvalue weighted by molar-refractivity contribution is 0.440. The molecule has 1 heterocycles. The van der Waals surface area contributed by atoms with Gasteiger partial charge in [0.1, 0.15) is 5.75 Å². The van der Waals surface area contributed by atoms with Crippen molar-refractivity contribution in [2.45, 2.75) is 13.8 Å². The number of halogens is 1. The van der Waals surface area contributed by atoms with Crippen LogP contribution in [-0.2, 0) is 0 Å². The molecule has 0 radical (unpaired) electrons. The molecule has 0 bridgehead atoms. The number of aryl methyl sites for hydroxylation is 1. The van der Waals surface area contributed by atoms with Crippen molar-refractivity contribution in [2.75, 3.05) is 30.9 Å². The van der Waals surface area contributed by atoms with E-state index in [1.54, 1.807) is 11.0 Å². The summed E-state index contributed by atoms with van der Waals surface area (Å²) >= 11 is 6.13. The SMILES string of the molecule is CCNc1nc(Oc2cc(C)ccc2Cl)nc(N(C)C)n1. The summed E-state index contributed by atoms with van der Waals surface area (Å²) in [6, 6.07) is 5.75. The van der Waals surface area contributed by atoms with Crippen molar-refractivity contribution in [1.82, 2.24) is 15.0 Å². The summed E-state index contributed by atoms with van der Waals surface area (Å²) in [7, 11) is 3.71. The Hall–Kier alpha value is -2.08. The Morgan fingerprint density at radius 3 is 2.67 bits per heavy atom. The predicted octanol–water partition coefficient (Wildman–Crippen LogP) is 3.12. The lowest BCUT2D eigenvalue weighted by atomic mass is 10.2. The lowest BCUT2D eigenvalue weighted by Gasteiger charge is -2.13. The van der Waals surface area contributed by atoms with Gasteiger partial charge in [-0.3, -0.25) is 0 Å². The maximum Gasteiger partial charge on any atom is 0.328 e. The van der Waals surface area contributed by atoms with E-state index < -0.39 is 0 Å². The summed E-state index contributed by atoms with van der Waals surface area (Å²) in [5.74, 6) is 1.50. The number of anilines is 2. The fourth-order valence-corrected chi connectivity index (χ4v) is 1.77. The zero-order valence-corrected chi connectivity index (χ0v) is 13.3. The van der Waals surface area contributed by atoms with E-state index in [0.29, 0.717) is 29.2 Å². The van der Waals surface area contributed by atoms with Gasteiger partial charge in [0.05, 0.1) is 5.02 Å². The molecule has 0 saturated carbocycles. The van der Waals surface area contributed by atoms with Gasteiger partial charge in [0.25, 0.3) is 0 Å². The third kappa shape index (κ3) is 3.95. The van der Waals surface area contributed by atoms with Gasteiger partial charge < -0.3 is 15.0 Å². The Morgan fingerprint density at radius 2 is 2.00 bits per heavy atom. The lowest BCUT2D eigenvalue weighted by Crippen LogP contribution is -2.15. The van der Waals surface area contributed by atoms with Crippen LogP contribution in [0, 0.1) is 6.92 Å². The highest BCUT2D eigenvalue weighted by Gasteiger charge is 2.11. The number of ether oxygens (including phenoxy) is 1. The van der Waals surface area contributed by atoms with E-state index in [0.717, 1.165) is 5.56 Å². The zero-order chi connectivity index (χ0) is 15.4. The molecule has 2 aromatic rings. The quantitative estimate of drug-likeness (QED) is 0.915. The normalized spacial score (nSPS) is 10.3. The van der Waals surface area contributed by atoms with Crippen LogP contribution in [0.5, 0.6) is 11.8 Å². The topological polar surface area (TPSA) is 63.2 Å². The Balaban J connectivity index is 2.36. The van der Waals surface area contributed by atoms with Gasteiger partial charge in [0.15, 0.2) is 0 Å². The van der Waals surface area contributed by atoms with E-state index >= 15 is 0 Å². The first-order chi connectivity index (χ1) is 9.99. The molecular formula is C14H18ClN5O. The van der Waals surface area contributed by atoms with Crippen molar-refractivity contribution in [3.05, 3.63) is 28.8 Å². The van der Waals surface area contributed by atoms with Gasteiger partial charge >= 0.3 is 6.01 Å². The fourth-order valence-electron chi connectivity index (χ4n) is 1.62. The number of hydrogen-bond donors (Lipinski definition) is 1. The van der Waals surface area contributed by atoms with Crippen molar-refractivity contribution in [3.8, 4) is 11.8 Å². The van der Waals surface area contributed by atoms with E-state index in [1.807, 2.05) is 40.1 Å². The Kier molecular flexibility index (Phi) is 4.80. The summed E-state index contributed by atoms with van der Waals surface area (Å²) < 4.78 is 5.71. The second-order valence-corrected chi connectivity index (χ2v) is 5.11. The molecule has 6 nitrogen and oxygen atoms in total. The fraction of sp³-hybridized carbons (Fsp3) is 0.357. The summed E-state index contributed by atoms with van der Waals surface area (Å²) in [4.78, 5) is 14.6. The Bertz CT molecular complexity index is 633. The van der Waals surface area contributed by atoms with Gasteiger partial charge in [-0.1, -0.05) is 17.7 Å². The molecule has 21 heavy (non-hydrogen) atoms. The first-order valence-electron chi connectivity index (χ1n) is 6.61. The summed E-state index contributed by atoms with van der Waals surface area (Å²) in [5.41, 5.74) is 1.04. The molecule has 1 aromatic carbocycles. The van der Waals surface area contributed by atoms with Gasteiger partial charge in [-0.2, -0.15) is 15.0 Å². The molecule has 0 spiro atoms. The van der Waals surface area contributed by atoms with Crippen molar-refractivity contribution < 1.29 is 4.74 Å². The van der Waals surface area contributed by atoms with Crippen LogP contribution in [-0.4, -0.2) is 35.6 Å². The zero-order valence-electron chi connectivity index (χ0n) is 12.5. The van der Waals surface area contributed by atoms with Crippen LogP contribution in [0.2, 0.25) is 5.02 Å². The molecule has 0 aliphatic rings. The average Bonchev–Trinajstić information content (AvgIpc) is 2.43. The minimum Gasteiger partial charge on any atom is -0.423 e. The van der Waals surface area contributed by atoms with Gasteiger partial charge in [0, 0.05) is 20.6 Å². The Morgan fingerprint density at radius 1 is 1.24 bits per heavy atom. The highest BCUT2D eigenvalue weighted by atomic mass is 35.5. The van der Waals surface area contributed by atoms with Crippen molar-refractivity contribution in [1.29, 1.82) is 0 Å². The van der Waals surface area contributed by atoms with E-state index in [1.165, 1.54) is 0 Å². The van der Waals surface area contributed by atoms with Gasteiger partial charge in [0.2, 0.25) is 11.9 Å². The smallest absolute Gasteiger partial charge is 0.328 e. The number of rotatable bonds is 5. The molecule has 0 amide bonds. The molecule has 2 rings (SSSR count). The first kappa shape index (κ1) is 15.3. The largest absolute Gasteiger partial charge is 0.423 e. The Labute approximate surface area is 129 Å². The maximum absolute atomic E-state index is 6.13. The predicted molar refractivity (Wildman–Crippen MR) is 84.6 cm³/mol. The third-order valence-corrected chi connectivity index (χ3v) is 2.94. The van der Waals surface area contributed by atoms with Crippen LogP contribution >= 0.6 is 11.6 Å². The minimum atomic E-state index is 0.206. The van der Waals surface area contributed by atoms with Crippen molar-refractivity contribution >= 4 is 23.5 Å². The number of nitrogens with one attached hydrogen (secondary N) is 1. The second-order valence-electron chi connectivity index (χ2n) is 4.70. The average molecular weight is 308 g/mol. The van der Waals surface area contributed by atoms with Gasteiger partial charge in [-0.25, -0.2) is 0 Å². The number of aromatic nitrogens is 3. The molecule has 1 N–H and O–H groups in total. The third-order valence-electron chi connectivity index (χ3n) is 2.63. The van der Waals surface area contributed by atoms with Crippen molar-refractivity contribution in [3.63, 3.8) is 0 Å². The standard InChI is InChI=1S/C14H18ClN5O/c1-5-16-12-17-13(20(3)4)19-14(18-12)21-11-8-9(2)6-7-10(11)15/h6-8H,5H2,1-4H3,(H,16,17,18,19). The van der Waals surface area contributed by atoms with Crippen LogP contribution < -0.4 is 15.0 Å². The number of benzene rings is 1. The minimum absolute atomic E-state index is 0.206. The van der Waals surface area contributed by atoms with Crippen molar-refractivity contribution in [2.24, 2.45) is 0 Å². The number of hydrogen-bond acceptors (Lipinski definition) is 6. The van der Waals surface area contributed by atoms with Gasteiger partial charge in [-0.05, 0) is 31.5 Å². The first-order valence-corrected chi connectivity index (χ1v) is 6.98. The maximum atomic E-state index is 6.13. The van der Waals surface area contributed by atoms with Crippen LogP contribution in [0.15, 0.2) is 18.2 Å². The molecule has 112 valence electrons.